The molecule has 1 heterocycles. The summed E-state index contributed by atoms with van der Waals surface area (Å²) < 4.78 is 6.32. The third-order valence-corrected chi connectivity index (χ3v) is 5.44. The molecule has 29 heavy (non-hydrogen) atoms. The number of ether oxygens (including phenoxy) is 1. The second-order valence-electron chi connectivity index (χ2n) is 6.44. The Morgan fingerprint density at radius 2 is 1.90 bits per heavy atom. The number of nitrogen functional groups attached to an aromatic ring is 1. The van der Waals surface area contributed by atoms with Crippen molar-refractivity contribution in [3.63, 3.8) is 0 Å². The number of aromatic nitrogens is 1. The molecule has 0 aliphatic heterocycles. The fourth-order valence-corrected chi connectivity index (χ4v) is 3.75. The van der Waals surface area contributed by atoms with Crippen LogP contribution >= 0.6 is 11.3 Å². The summed E-state index contributed by atoms with van der Waals surface area (Å²) in [5, 5.41) is 7.01. The van der Waals surface area contributed by atoms with Gasteiger partial charge in [-0.3, -0.25) is 4.79 Å². The number of fused-ring (bicyclic) bond motifs is 1. The molecule has 0 saturated carbocycles. The summed E-state index contributed by atoms with van der Waals surface area (Å²) in [5.74, 6) is 0.626. The molecule has 0 aliphatic rings. The molecule has 7 heteroatoms. The van der Waals surface area contributed by atoms with Crippen LogP contribution in [0.2, 0.25) is 0 Å². The minimum Gasteiger partial charge on any atom is -0.497 e. The molecule has 1 amide bonds. The summed E-state index contributed by atoms with van der Waals surface area (Å²) in [4.78, 5) is 17.0. The van der Waals surface area contributed by atoms with E-state index in [1.165, 1.54) is 0 Å². The van der Waals surface area contributed by atoms with Crippen molar-refractivity contribution in [3.8, 4) is 5.75 Å². The third kappa shape index (κ3) is 4.30. The molecular weight excluding hydrogens is 384 g/mol. The van der Waals surface area contributed by atoms with Crippen molar-refractivity contribution in [1.29, 1.82) is 0 Å². The Hall–Kier alpha value is -3.58. The summed E-state index contributed by atoms with van der Waals surface area (Å²) in [5.41, 5.74) is 9.58. The maximum absolute atomic E-state index is 12.4. The second kappa shape index (κ2) is 8.20. The molecule has 146 valence electrons. The summed E-state index contributed by atoms with van der Waals surface area (Å²) in [6.07, 6.45) is 0. The molecule has 4 rings (SSSR count). The second-order valence-corrected chi connectivity index (χ2v) is 7.48. The molecule has 0 unspecified atom stereocenters. The van der Waals surface area contributed by atoms with Gasteiger partial charge in [0, 0.05) is 12.1 Å². The van der Waals surface area contributed by atoms with E-state index in [4.69, 9.17) is 10.5 Å². The zero-order valence-corrected chi connectivity index (χ0v) is 16.6. The minimum absolute atomic E-state index is 0.192. The van der Waals surface area contributed by atoms with E-state index < -0.39 is 0 Å². The Labute approximate surface area is 172 Å². The van der Waals surface area contributed by atoms with Gasteiger partial charge in [-0.2, -0.15) is 0 Å². The fraction of sp³-hybridized carbons (Fsp3) is 0.0909. The standard InChI is InChI=1S/C22H20N4O2S/c1-28-16-10-11-19-20(12-16)29-22(26-19)24-13-14-6-8-15(9-7-14)21(27)25-18-5-3-2-4-17(18)23/h2-12H,13,23H2,1H3,(H,24,26)(H,25,27). The number of hydrogen-bond acceptors (Lipinski definition) is 6. The van der Waals surface area contributed by atoms with Crippen LogP contribution in [-0.2, 0) is 6.54 Å². The first-order valence-electron chi connectivity index (χ1n) is 9.05. The molecule has 0 fully saturated rings. The number of nitrogens with two attached hydrogens (primary N) is 1. The first kappa shape index (κ1) is 18.8. The van der Waals surface area contributed by atoms with Crippen molar-refractivity contribution < 1.29 is 9.53 Å². The van der Waals surface area contributed by atoms with Crippen LogP contribution in [0, 0.1) is 0 Å². The first-order chi connectivity index (χ1) is 14.1. The number of rotatable bonds is 6. The summed E-state index contributed by atoms with van der Waals surface area (Å²) in [6, 6.07) is 20.5. The molecule has 0 radical (unpaired) electrons. The summed E-state index contributed by atoms with van der Waals surface area (Å²) in [7, 11) is 1.65. The van der Waals surface area contributed by atoms with Gasteiger partial charge in [-0.05, 0) is 48.0 Å². The largest absolute Gasteiger partial charge is 0.497 e. The lowest BCUT2D eigenvalue weighted by atomic mass is 10.1. The lowest BCUT2D eigenvalue weighted by Crippen LogP contribution is -2.13. The van der Waals surface area contributed by atoms with Crippen LogP contribution in [0.25, 0.3) is 10.2 Å². The predicted molar refractivity (Wildman–Crippen MR) is 119 cm³/mol. The fourth-order valence-electron chi connectivity index (χ4n) is 2.86. The Bertz CT molecular complexity index is 1160. The number of nitrogens with one attached hydrogen (secondary N) is 2. The maximum atomic E-state index is 12.4. The summed E-state index contributed by atoms with van der Waals surface area (Å²) in [6.45, 7) is 0.616. The van der Waals surface area contributed by atoms with Crippen LogP contribution in [0.1, 0.15) is 15.9 Å². The van der Waals surface area contributed by atoms with Gasteiger partial charge < -0.3 is 21.1 Å². The number of hydrogen-bond donors (Lipinski definition) is 3. The third-order valence-electron chi connectivity index (χ3n) is 4.46. The van der Waals surface area contributed by atoms with Gasteiger partial charge in [0.1, 0.15) is 5.75 Å². The number of methoxy groups -OCH3 is 1. The van der Waals surface area contributed by atoms with E-state index >= 15 is 0 Å². The van der Waals surface area contributed by atoms with E-state index in [0.29, 0.717) is 23.5 Å². The highest BCUT2D eigenvalue weighted by molar-refractivity contribution is 7.22. The molecule has 1 aromatic heterocycles. The van der Waals surface area contributed by atoms with E-state index in [2.05, 4.69) is 15.6 Å². The van der Waals surface area contributed by atoms with Gasteiger partial charge in [-0.25, -0.2) is 4.98 Å². The smallest absolute Gasteiger partial charge is 0.255 e. The van der Waals surface area contributed by atoms with Crippen LogP contribution in [0.3, 0.4) is 0 Å². The van der Waals surface area contributed by atoms with Crippen molar-refractivity contribution in [2.45, 2.75) is 6.54 Å². The van der Waals surface area contributed by atoms with Crippen LogP contribution in [0.15, 0.2) is 66.7 Å². The van der Waals surface area contributed by atoms with E-state index in [0.717, 1.165) is 26.7 Å². The number of thiazole rings is 1. The molecule has 0 saturated heterocycles. The minimum atomic E-state index is -0.192. The highest BCUT2D eigenvalue weighted by atomic mass is 32.1. The van der Waals surface area contributed by atoms with Gasteiger partial charge in [0.15, 0.2) is 5.13 Å². The van der Waals surface area contributed by atoms with Crippen LogP contribution < -0.4 is 21.1 Å². The van der Waals surface area contributed by atoms with Crippen molar-refractivity contribution in [1.82, 2.24) is 4.98 Å². The lowest BCUT2D eigenvalue weighted by molar-refractivity contribution is 0.102. The van der Waals surface area contributed by atoms with Crippen molar-refractivity contribution in [3.05, 3.63) is 77.9 Å². The molecule has 0 spiro atoms. The Kier molecular flexibility index (Phi) is 5.31. The number of carbonyl (C=O) groups excluding carboxylic acids is 1. The van der Waals surface area contributed by atoms with Crippen LogP contribution in [0.4, 0.5) is 16.5 Å². The van der Waals surface area contributed by atoms with E-state index in [9.17, 15) is 4.79 Å². The van der Waals surface area contributed by atoms with Gasteiger partial charge in [-0.15, -0.1) is 0 Å². The van der Waals surface area contributed by atoms with Crippen molar-refractivity contribution in [2.24, 2.45) is 0 Å². The van der Waals surface area contributed by atoms with Gasteiger partial charge in [0.2, 0.25) is 0 Å². The van der Waals surface area contributed by atoms with E-state index in [1.807, 2.05) is 42.5 Å². The zero-order valence-electron chi connectivity index (χ0n) is 15.8. The topological polar surface area (TPSA) is 89.3 Å². The van der Waals surface area contributed by atoms with E-state index in [1.54, 1.807) is 42.7 Å². The molecular formula is C22H20N4O2S. The van der Waals surface area contributed by atoms with Gasteiger partial charge in [0.25, 0.3) is 5.91 Å². The van der Waals surface area contributed by atoms with Gasteiger partial charge in [0.05, 0.1) is 28.7 Å². The number of anilines is 3. The Morgan fingerprint density at radius 3 is 2.66 bits per heavy atom. The highest BCUT2D eigenvalue weighted by Crippen LogP contribution is 2.29. The Morgan fingerprint density at radius 1 is 1.10 bits per heavy atom. The van der Waals surface area contributed by atoms with Crippen molar-refractivity contribution in [2.75, 3.05) is 23.5 Å². The number of carbonyl (C=O) groups is 1. The lowest BCUT2D eigenvalue weighted by Gasteiger charge is -2.08. The predicted octanol–water partition coefficient (Wildman–Crippen LogP) is 4.75. The molecule has 0 atom stereocenters. The molecule has 3 aromatic carbocycles. The first-order valence-corrected chi connectivity index (χ1v) is 9.87. The van der Waals surface area contributed by atoms with Gasteiger partial charge >= 0.3 is 0 Å². The normalized spacial score (nSPS) is 10.7. The molecule has 6 nitrogen and oxygen atoms in total. The molecule has 0 bridgehead atoms. The molecule has 0 aliphatic carbocycles. The number of para-hydroxylation sites is 2. The SMILES string of the molecule is COc1ccc2nc(NCc3ccc(C(=O)Nc4ccccc4N)cc3)sc2c1. The molecule has 4 N–H and O–H groups in total. The highest BCUT2D eigenvalue weighted by Gasteiger charge is 2.09. The quantitative estimate of drug-likeness (QED) is 0.404. The Balaban J connectivity index is 1.39. The molecule has 4 aromatic rings. The van der Waals surface area contributed by atoms with Crippen LogP contribution in [-0.4, -0.2) is 18.0 Å². The van der Waals surface area contributed by atoms with Crippen LogP contribution in [0.5, 0.6) is 5.75 Å². The average molecular weight is 404 g/mol. The summed E-state index contributed by atoms with van der Waals surface area (Å²) >= 11 is 1.58. The number of amides is 1. The maximum Gasteiger partial charge on any atom is 0.255 e. The monoisotopic (exact) mass is 404 g/mol. The van der Waals surface area contributed by atoms with Crippen molar-refractivity contribution >= 4 is 44.0 Å². The van der Waals surface area contributed by atoms with E-state index in [-0.39, 0.29) is 5.91 Å². The number of nitrogens with zero attached hydrogens (tertiary/aromatic N) is 1. The van der Waals surface area contributed by atoms with Gasteiger partial charge in [-0.1, -0.05) is 35.6 Å². The number of benzene rings is 3. The average Bonchev–Trinajstić information content (AvgIpc) is 3.16. The zero-order chi connectivity index (χ0) is 20.2.